The maximum atomic E-state index is 12.5. The number of furan rings is 1. The Bertz CT molecular complexity index is 818. The number of fused-ring (bicyclic) bond motifs is 1. The Kier molecular flexibility index (Phi) is 3.52. The van der Waals surface area contributed by atoms with E-state index in [0.717, 1.165) is 25.5 Å². The molecule has 1 heterocycles. The van der Waals surface area contributed by atoms with E-state index in [4.69, 9.17) is 4.42 Å². The molecule has 4 heteroatoms. The van der Waals surface area contributed by atoms with Gasteiger partial charge in [-0.05, 0) is 59.3 Å². The zero-order chi connectivity index (χ0) is 14.3. The van der Waals surface area contributed by atoms with Crippen molar-refractivity contribution in [3.8, 4) is 0 Å². The van der Waals surface area contributed by atoms with E-state index < -0.39 is 0 Å². The maximum absolute atomic E-state index is 12.5. The Morgan fingerprint density at radius 1 is 1.05 bits per heavy atom. The van der Waals surface area contributed by atoms with Gasteiger partial charge in [-0.15, -0.1) is 0 Å². The van der Waals surface area contributed by atoms with Crippen molar-refractivity contribution in [3.05, 3.63) is 68.3 Å². The predicted molar refractivity (Wildman–Crippen MR) is 86.2 cm³/mol. The van der Waals surface area contributed by atoms with Gasteiger partial charge in [0.15, 0.2) is 5.76 Å². The molecule has 3 rings (SSSR count). The number of rotatable bonds is 2. The fraction of sp³-hybridized carbons (Fsp3) is 0.0625. The topological polar surface area (TPSA) is 30.2 Å². The van der Waals surface area contributed by atoms with Gasteiger partial charge in [-0.25, -0.2) is 0 Å². The summed E-state index contributed by atoms with van der Waals surface area (Å²) in [4.78, 5) is 12.5. The van der Waals surface area contributed by atoms with Crippen LogP contribution in [0.1, 0.15) is 21.7 Å². The summed E-state index contributed by atoms with van der Waals surface area (Å²) in [5.41, 5.74) is 2.46. The zero-order valence-corrected chi connectivity index (χ0v) is 13.8. The number of carbonyl (C=O) groups excluding carboxylic acids is 1. The van der Waals surface area contributed by atoms with Gasteiger partial charge in [0.05, 0.1) is 0 Å². The number of ketones is 1. The monoisotopic (exact) mass is 392 g/mol. The first-order valence-electron chi connectivity index (χ1n) is 6.04. The zero-order valence-electron chi connectivity index (χ0n) is 10.6. The summed E-state index contributed by atoms with van der Waals surface area (Å²) in [5, 5.41) is 0.946. The average Bonchev–Trinajstić information content (AvgIpc) is 2.81. The summed E-state index contributed by atoms with van der Waals surface area (Å²) in [6.07, 6.45) is 0. The van der Waals surface area contributed by atoms with Gasteiger partial charge in [-0.3, -0.25) is 4.79 Å². The fourth-order valence-electron chi connectivity index (χ4n) is 2.08. The Labute approximate surface area is 133 Å². The van der Waals surface area contributed by atoms with Crippen LogP contribution >= 0.6 is 31.9 Å². The minimum atomic E-state index is -0.127. The molecule has 0 bridgehead atoms. The van der Waals surface area contributed by atoms with Gasteiger partial charge in [-0.1, -0.05) is 27.6 Å². The van der Waals surface area contributed by atoms with Crippen LogP contribution in [-0.2, 0) is 0 Å². The van der Waals surface area contributed by atoms with Crippen LogP contribution < -0.4 is 0 Å². The van der Waals surface area contributed by atoms with E-state index in [9.17, 15) is 4.79 Å². The SMILES string of the molecule is Cc1ccc2oc(C(=O)c3ccc(Br)cc3Br)cc2c1. The van der Waals surface area contributed by atoms with E-state index in [0.29, 0.717) is 11.3 Å². The van der Waals surface area contributed by atoms with Crippen LogP contribution in [0.5, 0.6) is 0 Å². The van der Waals surface area contributed by atoms with Crippen molar-refractivity contribution in [3.63, 3.8) is 0 Å². The number of hydrogen-bond acceptors (Lipinski definition) is 2. The van der Waals surface area contributed by atoms with Crippen molar-refractivity contribution in [1.29, 1.82) is 0 Å². The maximum Gasteiger partial charge on any atom is 0.229 e. The molecule has 0 spiro atoms. The smallest absolute Gasteiger partial charge is 0.229 e. The number of benzene rings is 2. The second-order valence-electron chi connectivity index (χ2n) is 4.61. The van der Waals surface area contributed by atoms with Crippen LogP contribution in [0.25, 0.3) is 11.0 Å². The van der Waals surface area contributed by atoms with Gasteiger partial charge < -0.3 is 4.42 Å². The molecular formula is C16H10Br2O2. The highest BCUT2D eigenvalue weighted by Crippen LogP contribution is 2.27. The predicted octanol–water partition coefficient (Wildman–Crippen LogP) is 5.50. The van der Waals surface area contributed by atoms with Crippen molar-refractivity contribution in [2.24, 2.45) is 0 Å². The lowest BCUT2D eigenvalue weighted by Crippen LogP contribution is -2.00. The van der Waals surface area contributed by atoms with E-state index in [-0.39, 0.29) is 5.78 Å². The Balaban J connectivity index is 2.08. The molecule has 0 saturated heterocycles. The lowest BCUT2D eigenvalue weighted by molar-refractivity contribution is 0.101. The van der Waals surface area contributed by atoms with Crippen LogP contribution in [0.2, 0.25) is 0 Å². The van der Waals surface area contributed by atoms with Crippen LogP contribution in [-0.4, -0.2) is 5.78 Å². The molecule has 2 aromatic carbocycles. The Morgan fingerprint density at radius 3 is 2.60 bits per heavy atom. The first-order chi connectivity index (χ1) is 9.54. The molecule has 1 aromatic heterocycles. The van der Waals surface area contributed by atoms with Gasteiger partial charge >= 0.3 is 0 Å². The van der Waals surface area contributed by atoms with Gasteiger partial charge in [0.2, 0.25) is 5.78 Å². The third-order valence-electron chi connectivity index (χ3n) is 3.07. The van der Waals surface area contributed by atoms with E-state index >= 15 is 0 Å². The summed E-state index contributed by atoms with van der Waals surface area (Å²) < 4.78 is 7.30. The van der Waals surface area contributed by atoms with Crippen molar-refractivity contribution in [1.82, 2.24) is 0 Å². The molecule has 0 N–H and O–H groups in total. The quantitative estimate of drug-likeness (QED) is 0.538. The van der Waals surface area contributed by atoms with E-state index in [1.165, 1.54) is 0 Å². The van der Waals surface area contributed by atoms with E-state index in [2.05, 4.69) is 31.9 Å². The standard InChI is InChI=1S/C16H10Br2O2/c1-9-2-5-14-10(6-9)7-15(20-14)16(19)12-4-3-11(17)8-13(12)18/h2-8H,1H3. The molecule has 0 radical (unpaired) electrons. The van der Waals surface area contributed by atoms with E-state index in [1.54, 1.807) is 12.1 Å². The molecule has 0 amide bonds. The molecular weight excluding hydrogens is 384 g/mol. The summed E-state index contributed by atoms with van der Waals surface area (Å²) in [6.45, 7) is 2.01. The molecule has 0 aliphatic carbocycles. The van der Waals surface area contributed by atoms with Crippen molar-refractivity contribution in [2.75, 3.05) is 0 Å². The highest BCUT2D eigenvalue weighted by molar-refractivity contribution is 9.11. The molecule has 0 aliphatic heterocycles. The first-order valence-corrected chi connectivity index (χ1v) is 7.63. The lowest BCUT2D eigenvalue weighted by Gasteiger charge is -2.01. The average molecular weight is 394 g/mol. The Morgan fingerprint density at radius 2 is 1.85 bits per heavy atom. The third-order valence-corrected chi connectivity index (χ3v) is 4.22. The second-order valence-corrected chi connectivity index (χ2v) is 6.38. The van der Waals surface area contributed by atoms with E-state index in [1.807, 2.05) is 37.3 Å². The molecule has 0 saturated carbocycles. The highest BCUT2D eigenvalue weighted by Gasteiger charge is 2.17. The molecule has 20 heavy (non-hydrogen) atoms. The number of carbonyl (C=O) groups is 1. The van der Waals surface area contributed by atoms with Crippen molar-refractivity contribution >= 4 is 48.6 Å². The summed E-state index contributed by atoms with van der Waals surface area (Å²) in [6, 6.07) is 13.1. The molecule has 0 unspecified atom stereocenters. The van der Waals surface area contributed by atoms with Crippen LogP contribution in [0, 0.1) is 6.92 Å². The first kappa shape index (κ1) is 13.6. The minimum absolute atomic E-state index is 0.127. The summed E-state index contributed by atoms with van der Waals surface area (Å²) >= 11 is 6.78. The molecule has 2 nitrogen and oxygen atoms in total. The van der Waals surface area contributed by atoms with Gasteiger partial charge in [-0.2, -0.15) is 0 Å². The van der Waals surface area contributed by atoms with Crippen LogP contribution in [0.15, 0.2) is 55.8 Å². The second kappa shape index (κ2) is 5.19. The number of hydrogen-bond donors (Lipinski definition) is 0. The fourth-order valence-corrected chi connectivity index (χ4v) is 3.31. The van der Waals surface area contributed by atoms with Crippen LogP contribution in [0.4, 0.5) is 0 Å². The highest BCUT2D eigenvalue weighted by atomic mass is 79.9. The molecule has 100 valence electrons. The Hall–Kier alpha value is -1.39. The largest absolute Gasteiger partial charge is 0.453 e. The summed E-state index contributed by atoms with van der Waals surface area (Å²) in [5.74, 6) is 0.229. The van der Waals surface area contributed by atoms with Crippen molar-refractivity contribution < 1.29 is 9.21 Å². The molecule has 3 aromatic rings. The van der Waals surface area contributed by atoms with Crippen LogP contribution in [0.3, 0.4) is 0 Å². The summed E-state index contributed by atoms with van der Waals surface area (Å²) in [7, 11) is 0. The molecule has 0 atom stereocenters. The van der Waals surface area contributed by atoms with Gasteiger partial charge in [0.1, 0.15) is 5.58 Å². The van der Waals surface area contributed by atoms with Crippen molar-refractivity contribution in [2.45, 2.75) is 6.92 Å². The molecule has 0 fully saturated rings. The third kappa shape index (κ3) is 2.45. The van der Waals surface area contributed by atoms with Gasteiger partial charge in [0, 0.05) is 19.9 Å². The minimum Gasteiger partial charge on any atom is -0.453 e. The number of halogens is 2. The normalized spacial score (nSPS) is 10.9. The molecule has 0 aliphatic rings. The van der Waals surface area contributed by atoms with Gasteiger partial charge in [0.25, 0.3) is 0 Å². The number of aryl methyl sites for hydroxylation is 1. The lowest BCUT2D eigenvalue weighted by atomic mass is 10.1.